The molecule has 0 rings (SSSR count). The maximum absolute atomic E-state index is 9.00. The van der Waals surface area contributed by atoms with Gasteiger partial charge in [0.15, 0.2) is 12.6 Å². The molecular formula is C9H20O4. The second-order valence-electron chi connectivity index (χ2n) is 3.06. The Morgan fingerprint density at radius 3 is 2.31 bits per heavy atom. The van der Waals surface area contributed by atoms with Crippen LogP contribution in [0.1, 0.15) is 39.0 Å². The van der Waals surface area contributed by atoms with Crippen molar-refractivity contribution in [2.45, 2.75) is 51.6 Å². The lowest BCUT2D eigenvalue weighted by Crippen LogP contribution is -2.11. The van der Waals surface area contributed by atoms with E-state index in [0.717, 1.165) is 19.3 Å². The first-order valence-corrected chi connectivity index (χ1v) is 4.82. The minimum Gasteiger partial charge on any atom is -0.368 e. The number of rotatable bonds is 8. The SMILES string of the molecule is CCC(O)OCCCCCC(O)O. The fourth-order valence-electron chi connectivity index (χ4n) is 0.943. The number of hydrogen-bond donors (Lipinski definition) is 3. The van der Waals surface area contributed by atoms with E-state index in [9.17, 15) is 0 Å². The Labute approximate surface area is 79.2 Å². The molecule has 0 saturated heterocycles. The Morgan fingerprint density at radius 2 is 1.77 bits per heavy atom. The molecule has 0 aliphatic carbocycles. The van der Waals surface area contributed by atoms with Crippen LogP contribution in [0.5, 0.6) is 0 Å². The van der Waals surface area contributed by atoms with Gasteiger partial charge >= 0.3 is 0 Å². The van der Waals surface area contributed by atoms with Crippen LogP contribution in [-0.2, 0) is 4.74 Å². The van der Waals surface area contributed by atoms with Crippen molar-refractivity contribution in [2.24, 2.45) is 0 Å². The molecular weight excluding hydrogens is 172 g/mol. The number of unbranched alkanes of at least 4 members (excludes halogenated alkanes) is 2. The van der Waals surface area contributed by atoms with Gasteiger partial charge in [-0.2, -0.15) is 0 Å². The lowest BCUT2D eigenvalue weighted by Gasteiger charge is -2.09. The predicted molar refractivity (Wildman–Crippen MR) is 48.9 cm³/mol. The average Bonchev–Trinajstić information content (AvgIpc) is 2.10. The fraction of sp³-hybridized carbons (Fsp3) is 1.00. The van der Waals surface area contributed by atoms with Gasteiger partial charge < -0.3 is 20.1 Å². The molecule has 4 heteroatoms. The Balaban J connectivity index is 2.99. The van der Waals surface area contributed by atoms with Crippen LogP contribution in [0, 0.1) is 0 Å². The summed E-state index contributed by atoms with van der Waals surface area (Å²) in [5, 5.41) is 26.0. The summed E-state index contributed by atoms with van der Waals surface area (Å²) in [4.78, 5) is 0. The molecule has 0 aromatic heterocycles. The van der Waals surface area contributed by atoms with Crippen LogP contribution in [0.4, 0.5) is 0 Å². The lowest BCUT2D eigenvalue weighted by molar-refractivity contribution is -0.101. The van der Waals surface area contributed by atoms with Gasteiger partial charge in [0.25, 0.3) is 0 Å². The Hall–Kier alpha value is -0.160. The topological polar surface area (TPSA) is 69.9 Å². The van der Waals surface area contributed by atoms with Gasteiger partial charge in [-0.15, -0.1) is 0 Å². The molecule has 0 aliphatic heterocycles. The Morgan fingerprint density at radius 1 is 1.08 bits per heavy atom. The van der Waals surface area contributed by atoms with E-state index in [1.54, 1.807) is 0 Å². The number of aliphatic hydroxyl groups is 3. The van der Waals surface area contributed by atoms with Gasteiger partial charge in [-0.1, -0.05) is 13.3 Å². The summed E-state index contributed by atoms with van der Waals surface area (Å²) in [5.74, 6) is 0. The average molecular weight is 192 g/mol. The van der Waals surface area contributed by atoms with Crippen molar-refractivity contribution in [3.63, 3.8) is 0 Å². The van der Waals surface area contributed by atoms with Crippen molar-refractivity contribution in [1.82, 2.24) is 0 Å². The van der Waals surface area contributed by atoms with Crippen LogP contribution in [0.25, 0.3) is 0 Å². The Kier molecular flexibility index (Phi) is 8.33. The van der Waals surface area contributed by atoms with Crippen LogP contribution in [0.2, 0.25) is 0 Å². The smallest absolute Gasteiger partial charge is 0.154 e. The second-order valence-corrected chi connectivity index (χ2v) is 3.06. The first-order chi connectivity index (χ1) is 6.16. The molecule has 80 valence electrons. The zero-order valence-corrected chi connectivity index (χ0v) is 8.15. The molecule has 0 aliphatic rings. The van der Waals surface area contributed by atoms with E-state index in [-0.39, 0.29) is 0 Å². The molecule has 1 atom stereocenters. The third-order valence-electron chi connectivity index (χ3n) is 1.77. The van der Waals surface area contributed by atoms with Gasteiger partial charge in [-0.05, 0) is 25.7 Å². The van der Waals surface area contributed by atoms with Crippen LogP contribution >= 0.6 is 0 Å². The molecule has 0 fully saturated rings. The van der Waals surface area contributed by atoms with Crippen molar-refractivity contribution in [1.29, 1.82) is 0 Å². The van der Waals surface area contributed by atoms with Crippen molar-refractivity contribution in [3.8, 4) is 0 Å². The van der Waals surface area contributed by atoms with E-state index in [1.807, 2.05) is 6.92 Å². The van der Waals surface area contributed by atoms with Gasteiger partial charge in [-0.3, -0.25) is 0 Å². The summed E-state index contributed by atoms with van der Waals surface area (Å²) >= 11 is 0. The standard InChI is InChI=1S/C9H20O4/c1-2-9(12)13-7-5-3-4-6-8(10)11/h8-12H,2-7H2,1H3. The highest BCUT2D eigenvalue weighted by atomic mass is 16.6. The number of ether oxygens (including phenoxy) is 1. The molecule has 0 radical (unpaired) electrons. The highest BCUT2D eigenvalue weighted by Crippen LogP contribution is 2.03. The summed E-state index contributed by atoms with van der Waals surface area (Å²) in [5.41, 5.74) is 0. The molecule has 3 N–H and O–H groups in total. The monoisotopic (exact) mass is 192 g/mol. The van der Waals surface area contributed by atoms with E-state index in [4.69, 9.17) is 20.1 Å². The zero-order chi connectivity index (χ0) is 10.1. The quantitative estimate of drug-likeness (QED) is 0.389. The minimum atomic E-state index is -1.19. The van der Waals surface area contributed by atoms with Gasteiger partial charge in [0, 0.05) is 6.61 Å². The number of aliphatic hydroxyl groups excluding tert-OH is 2. The molecule has 0 aromatic rings. The third kappa shape index (κ3) is 9.76. The molecule has 1 unspecified atom stereocenters. The highest BCUT2D eigenvalue weighted by molar-refractivity contribution is 4.44. The first kappa shape index (κ1) is 12.8. The van der Waals surface area contributed by atoms with E-state index in [0.29, 0.717) is 19.4 Å². The van der Waals surface area contributed by atoms with E-state index in [1.165, 1.54) is 0 Å². The second kappa shape index (κ2) is 8.44. The molecule has 13 heavy (non-hydrogen) atoms. The fourth-order valence-corrected chi connectivity index (χ4v) is 0.943. The van der Waals surface area contributed by atoms with E-state index in [2.05, 4.69) is 0 Å². The van der Waals surface area contributed by atoms with Crippen LogP contribution in [-0.4, -0.2) is 34.5 Å². The summed E-state index contributed by atoms with van der Waals surface area (Å²) in [6, 6.07) is 0. The van der Waals surface area contributed by atoms with Crippen molar-refractivity contribution < 1.29 is 20.1 Å². The number of hydrogen-bond acceptors (Lipinski definition) is 4. The van der Waals surface area contributed by atoms with Crippen molar-refractivity contribution >= 4 is 0 Å². The molecule has 0 heterocycles. The molecule has 0 aromatic carbocycles. The van der Waals surface area contributed by atoms with Gasteiger partial charge in [0.1, 0.15) is 0 Å². The zero-order valence-electron chi connectivity index (χ0n) is 8.15. The van der Waals surface area contributed by atoms with Crippen molar-refractivity contribution in [3.05, 3.63) is 0 Å². The molecule has 0 amide bonds. The largest absolute Gasteiger partial charge is 0.368 e. The minimum absolute atomic E-state index is 0.413. The van der Waals surface area contributed by atoms with Crippen LogP contribution in [0.3, 0.4) is 0 Å². The summed E-state index contributed by atoms with van der Waals surface area (Å²) in [7, 11) is 0. The molecule has 0 bridgehead atoms. The van der Waals surface area contributed by atoms with Crippen LogP contribution < -0.4 is 0 Å². The van der Waals surface area contributed by atoms with Gasteiger partial charge in [0.05, 0.1) is 0 Å². The first-order valence-electron chi connectivity index (χ1n) is 4.82. The van der Waals surface area contributed by atoms with Crippen LogP contribution in [0.15, 0.2) is 0 Å². The van der Waals surface area contributed by atoms with Gasteiger partial charge in [0.2, 0.25) is 0 Å². The highest BCUT2D eigenvalue weighted by Gasteiger charge is 2.00. The third-order valence-corrected chi connectivity index (χ3v) is 1.77. The summed E-state index contributed by atoms with van der Waals surface area (Å²) in [6.45, 7) is 2.39. The normalized spacial score (nSPS) is 13.6. The molecule has 0 saturated carbocycles. The van der Waals surface area contributed by atoms with Crippen molar-refractivity contribution in [2.75, 3.05) is 6.61 Å². The van der Waals surface area contributed by atoms with E-state index < -0.39 is 12.6 Å². The molecule has 4 nitrogen and oxygen atoms in total. The summed E-state index contributed by atoms with van der Waals surface area (Å²) in [6.07, 6.45) is 1.71. The van der Waals surface area contributed by atoms with E-state index >= 15 is 0 Å². The van der Waals surface area contributed by atoms with Gasteiger partial charge in [-0.25, -0.2) is 0 Å². The Bertz CT molecular complexity index is 106. The molecule has 0 spiro atoms. The predicted octanol–water partition coefficient (Wildman–Crippen LogP) is 0.602. The summed E-state index contributed by atoms with van der Waals surface area (Å²) < 4.78 is 5.03. The maximum atomic E-state index is 9.00. The lowest BCUT2D eigenvalue weighted by atomic mass is 10.2. The maximum Gasteiger partial charge on any atom is 0.154 e.